The minimum Gasteiger partial charge on any atom is -0.357 e. The number of hydrogen-bond acceptors (Lipinski definition) is 3. The zero-order valence-corrected chi connectivity index (χ0v) is 15.3. The van der Waals surface area contributed by atoms with Crippen LogP contribution >= 0.6 is 0 Å². The van der Waals surface area contributed by atoms with Crippen LogP contribution in [0.5, 0.6) is 0 Å². The van der Waals surface area contributed by atoms with Crippen LogP contribution in [0.3, 0.4) is 0 Å². The van der Waals surface area contributed by atoms with Crippen LogP contribution in [0.15, 0.2) is 17.6 Å². The summed E-state index contributed by atoms with van der Waals surface area (Å²) in [5.74, 6) is 1.31. The zero-order valence-electron chi connectivity index (χ0n) is 15.3. The van der Waals surface area contributed by atoms with E-state index in [0.29, 0.717) is 0 Å². The largest absolute Gasteiger partial charge is 0.357 e. The van der Waals surface area contributed by atoms with Crippen LogP contribution in [0.2, 0.25) is 0 Å². The summed E-state index contributed by atoms with van der Waals surface area (Å²) in [6, 6.07) is 0. The predicted octanol–water partition coefficient (Wildman–Crippen LogP) is 4.92. The Morgan fingerprint density at radius 3 is 2.04 bits per heavy atom. The highest BCUT2D eigenvalue weighted by molar-refractivity contribution is 5.83. The van der Waals surface area contributed by atoms with E-state index in [1.54, 1.807) is 0 Å². The Morgan fingerprint density at radius 2 is 1.48 bits per heavy atom. The van der Waals surface area contributed by atoms with Gasteiger partial charge in [-0.05, 0) is 19.3 Å². The quantitative estimate of drug-likeness (QED) is 0.324. The summed E-state index contributed by atoms with van der Waals surface area (Å²) in [7, 11) is 0. The minimum atomic E-state index is 0.743. The molecule has 0 aromatic heterocycles. The average molecular weight is 322 g/mol. The van der Waals surface area contributed by atoms with Crippen molar-refractivity contribution in [1.82, 2.24) is 4.90 Å². The number of amidine groups is 1. The first kappa shape index (κ1) is 20.2. The molecule has 0 aromatic carbocycles. The Bertz CT molecular complexity index is 312. The Hall–Kier alpha value is -0.830. The maximum absolute atomic E-state index is 5.64. The molecule has 1 aliphatic rings. The van der Waals surface area contributed by atoms with Gasteiger partial charge in [-0.3, -0.25) is 4.99 Å². The van der Waals surface area contributed by atoms with Gasteiger partial charge in [0.1, 0.15) is 0 Å². The van der Waals surface area contributed by atoms with Crippen LogP contribution in [0, 0.1) is 0 Å². The molecule has 0 amide bonds. The number of nitrogens with two attached hydrogens (primary N) is 1. The second-order valence-electron chi connectivity index (χ2n) is 6.79. The lowest BCUT2D eigenvalue weighted by atomic mass is 10.0. The van der Waals surface area contributed by atoms with E-state index in [0.717, 1.165) is 32.6 Å². The van der Waals surface area contributed by atoms with Crippen molar-refractivity contribution in [3.05, 3.63) is 12.7 Å². The fourth-order valence-corrected chi connectivity index (χ4v) is 3.33. The van der Waals surface area contributed by atoms with Crippen molar-refractivity contribution in [2.24, 2.45) is 10.7 Å². The van der Waals surface area contributed by atoms with Gasteiger partial charge in [0.2, 0.25) is 0 Å². The number of nitrogens with zero attached hydrogens (tertiary/aromatic N) is 2. The molecule has 0 spiro atoms. The van der Waals surface area contributed by atoms with Crippen LogP contribution in [0.4, 0.5) is 0 Å². The Kier molecular flexibility index (Phi) is 13.0. The molecule has 0 unspecified atom stereocenters. The van der Waals surface area contributed by atoms with Crippen LogP contribution in [-0.4, -0.2) is 36.9 Å². The Balaban J connectivity index is 1.80. The van der Waals surface area contributed by atoms with Crippen LogP contribution in [0.1, 0.15) is 83.5 Å². The van der Waals surface area contributed by atoms with Crippen LogP contribution < -0.4 is 5.73 Å². The molecule has 0 radical (unpaired) electrons. The van der Waals surface area contributed by atoms with E-state index in [1.165, 1.54) is 82.9 Å². The van der Waals surface area contributed by atoms with Crippen molar-refractivity contribution in [2.75, 3.05) is 26.2 Å². The highest BCUT2D eigenvalue weighted by Crippen LogP contribution is 2.14. The molecule has 0 aromatic rings. The van der Waals surface area contributed by atoms with Gasteiger partial charge >= 0.3 is 0 Å². The monoisotopic (exact) mass is 321 g/mol. The maximum atomic E-state index is 5.64. The molecule has 134 valence electrons. The molecule has 3 nitrogen and oxygen atoms in total. The third-order valence-corrected chi connectivity index (χ3v) is 4.74. The Morgan fingerprint density at radius 1 is 0.913 bits per heavy atom. The molecule has 0 fully saturated rings. The average Bonchev–Trinajstić information content (AvgIpc) is 2.99. The van der Waals surface area contributed by atoms with Gasteiger partial charge in [-0.2, -0.15) is 0 Å². The highest BCUT2D eigenvalue weighted by atomic mass is 15.2. The van der Waals surface area contributed by atoms with Crippen molar-refractivity contribution in [3.8, 4) is 0 Å². The molecular weight excluding hydrogens is 282 g/mol. The van der Waals surface area contributed by atoms with Gasteiger partial charge in [0.15, 0.2) is 0 Å². The third kappa shape index (κ3) is 10.5. The molecular formula is C20H39N3. The van der Waals surface area contributed by atoms with E-state index in [2.05, 4.69) is 16.5 Å². The molecule has 0 saturated carbocycles. The van der Waals surface area contributed by atoms with Gasteiger partial charge in [-0.1, -0.05) is 63.9 Å². The normalized spacial score (nSPS) is 14.3. The van der Waals surface area contributed by atoms with E-state index in [1.807, 2.05) is 6.08 Å². The van der Waals surface area contributed by atoms with Gasteiger partial charge < -0.3 is 10.6 Å². The van der Waals surface area contributed by atoms with E-state index in [4.69, 9.17) is 5.73 Å². The van der Waals surface area contributed by atoms with Gasteiger partial charge in [-0.15, -0.1) is 6.58 Å². The molecule has 1 rings (SSSR count). The summed E-state index contributed by atoms with van der Waals surface area (Å²) < 4.78 is 0. The smallest absolute Gasteiger partial charge is 0.0990 e. The summed E-state index contributed by atoms with van der Waals surface area (Å²) in [5.41, 5.74) is 5.64. The number of aliphatic imine (C=N–C) groups is 1. The van der Waals surface area contributed by atoms with Crippen molar-refractivity contribution in [2.45, 2.75) is 83.5 Å². The number of allylic oxidation sites excluding steroid dienone is 1. The van der Waals surface area contributed by atoms with E-state index in [-0.39, 0.29) is 0 Å². The zero-order chi connectivity index (χ0) is 16.6. The molecule has 0 atom stereocenters. The summed E-state index contributed by atoms with van der Waals surface area (Å²) >= 11 is 0. The number of hydrogen-bond donors (Lipinski definition) is 1. The molecule has 1 heterocycles. The first-order chi connectivity index (χ1) is 11.4. The minimum absolute atomic E-state index is 0.743. The van der Waals surface area contributed by atoms with Crippen molar-refractivity contribution >= 4 is 5.84 Å². The van der Waals surface area contributed by atoms with Crippen LogP contribution in [0.25, 0.3) is 0 Å². The standard InChI is InChI=1S/C20H39N3/c1-2-3-4-5-6-7-8-9-10-11-12-13-14-15-20-22-17-19-23(20)18-16-21/h2H,1,3-19,21H2. The molecule has 0 bridgehead atoms. The van der Waals surface area contributed by atoms with Gasteiger partial charge in [0.05, 0.1) is 12.4 Å². The fraction of sp³-hybridized carbons (Fsp3) is 0.850. The first-order valence-corrected chi connectivity index (χ1v) is 9.97. The summed E-state index contributed by atoms with van der Waals surface area (Å²) in [6.45, 7) is 7.55. The lowest BCUT2D eigenvalue weighted by molar-refractivity contribution is 0.455. The SMILES string of the molecule is C=CCCCCCCCCCCCCCC1=NCCN1CCN. The van der Waals surface area contributed by atoms with Gasteiger partial charge in [0, 0.05) is 26.1 Å². The second kappa shape index (κ2) is 14.7. The lowest BCUT2D eigenvalue weighted by Gasteiger charge is -2.19. The molecule has 2 N–H and O–H groups in total. The lowest BCUT2D eigenvalue weighted by Crippen LogP contribution is -2.32. The fourth-order valence-electron chi connectivity index (χ4n) is 3.33. The number of rotatable bonds is 16. The highest BCUT2D eigenvalue weighted by Gasteiger charge is 2.14. The van der Waals surface area contributed by atoms with Gasteiger partial charge in [-0.25, -0.2) is 0 Å². The van der Waals surface area contributed by atoms with Gasteiger partial charge in [0.25, 0.3) is 0 Å². The Labute approximate surface area is 144 Å². The second-order valence-corrected chi connectivity index (χ2v) is 6.79. The molecule has 0 aliphatic carbocycles. The third-order valence-electron chi connectivity index (χ3n) is 4.74. The summed E-state index contributed by atoms with van der Waals surface area (Å²) in [6.07, 6.45) is 19.7. The summed E-state index contributed by atoms with van der Waals surface area (Å²) in [5, 5.41) is 0. The summed E-state index contributed by atoms with van der Waals surface area (Å²) in [4.78, 5) is 6.98. The van der Waals surface area contributed by atoms with Crippen molar-refractivity contribution in [1.29, 1.82) is 0 Å². The maximum Gasteiger partial charge on any atom is 0.0990 e. The van der Waals surface area contributed by atoms with Crippen molar-refractivity contribution in [3.63, 3.8) is 0 Å². The predicted molar refractivity (Wildman–Crippen MR) is 103 cm³/mol. The van der Waals surface area contributed by atoms with E-state index < -0.39 is 0 Å². The molecule has 0 saturated heterocycles. The number of unbranched alkanes of at least 4 members (excludes halogenated alkanes) is 11. The van der Waals surface area contributed by atoms with Crippen molar-refractivity contribution < 1.29 is 0 Å². The first-order valence-electron chi connectivity index (χ1n) is 9.97. The topological polar surface area (TPSA) is 41.6 Å². The van der Waals surface area contributed by atoms with E-state index >= 15 is 0 Å². The molecule has 1 aliphatic heterocycles. The van der Waals surface area contributed by atoms with Crippen LogP contribution in [-0.2, 0) is 0 Å². The molecule has 23 heavy (non-hydrogen) atoms. The molecule has 3 heteroatoms. The van der Waals surface area contributed by atoms with E-state index in [9.17, 15) is 0 Å².